The van der Waals surface area contributed by atoms with E-state index in [0.717, 1.165) is 32.4 Å². The average Bonchev–Trinajstić information content (AvgIpc) is 2.76. The number of hydrogen-bond donors (Lipinski definition) is 1. The molecule has 0 spiro atoms. The maximum Gasteiger partial charge on any atom is 0.0669 e. The minimum absolute atomic E-state index is 0.105. The van der Waals surface area contributed by atoms with E-state index in [1.165, 1.54) is 36.2 Å². The predicted molar refractivity (Wildman–Crippen MR) is 86.3 cm³/mol. The van der Waals surface area contributed by atoms with Crippen molar-refractivity contribution in [1.82, 2.24) is 14.7 Å². The van der Waals surface area contributed by atoms with E-state index in [1.807, 2.05) is 11.7 Å². The van der Waals surface area contributed by atoms with E-state index in [1.54, 1.807) is 0 Å². The van der Waals surface area contributed by atoms with Gasteiger partial charge < -0.3 is 10.0 Å². The van der Waals surface area contributed by atoms with Gasteiger partial charge in [0, 0.05) is 31.4 Å². The van der Waals surface area contributed by atoms with Gasteiger partial charge in [-0.25, -0.2) is 0 Å². The first kappa shape index (κ1) is 16.5. The van der Waals surface area contributed by atoms with Gasteiger partial charge in [0.1, 0.15) is 0 Å². The third-order valence-corrected chi connectivity index (χ3v) is 4.87. The van der Waals surface area contributed by atoms with Crippen molar-refractivity contribution >= 4 is 0 Å². The van der Waals surface area contributed by atoms with Crippen LogP contribution in [-0.2, 0) is 26.4 Å². The van der Waals surface area contributed by atoms with Crippen LogP contribution in [0.25, 0.3) is 0 Å². The Kier molecular flexibility index (Phi) is 5.82. The van der Waals surface area contributed by atoms with Crippen LogP contribution in [0.3, 0.4) is 0 Å². The highest BCUT2D eigenvalue weighted by molar-refractivity contribution is 5.26. The molecule has 1 saturated carbocycles. The number of aliphatic hydroxyl groups excluding tert-OH is 1. The normalized spacial score (nSPS) is 23.0. The number of aryl methyl sites for hydroxylation is 2. The van der Waals surface area contributed by atoms with E-state index < -0.39 is 0 Å². The molecule has 0 amide bonds. The summed E-state index contributed by atoms with van der Waals surface area (Å²) >= 11 is 0. The van der Waals surface area contributed by atoms with Gasteiger partial charge in [0.05, 0.1) is 11.8 Å². The summed E-state index contributed by atoms with van der Waals surface area (Å²) in [7, 11) is 4.22. The fourth-order valence-electron chi connectivity index (χ4n) is 3.71. The van der Waals surface area contributed by atoms with Gasteiger partial charge in [-0.3, -0.25) is 4.68 Å². The number of nitrogens with zero attached hydrogens (tertiary/aromatic N) is 3. The minimum Gasteiger partial charge on any atom is -0.393 e. The van der Waals surface area contributed by atoms with E-state index >= 15 is 0 Å². The van der Waals surface area contributed by atoms with Crippen molar-refractivity contribution in [3.8, 4) is 0 Å². The quantitative estimate of drug-likeness (QED) is 0.876. The monoisotopic (exact) mass is 293 g/mol. The Morgan fingerprint density at radius 1 is 1.24 bits per heavy atom. The largest absolute Gasteiger partial charge is 0.393 e. The molecule has 2 unspecified atom stereocenters. The Balaban J connectivity index is 2.03. The zero-order valence-electron chi connectivity index (χ0n) is 14.1. The molecule has 0 saturated heterocycles. The lowest BCUT2D eigenvalue weighted by molar-refractivity contribution is 0.0501. The Labute approximate surface area is 129 Å². The molecule has 1 heterocycles. The first-order valence-electron chi connectivity index (χ1n) is 8.47. The second-order valence-electron chi connectivity index (χ2n) is 6.51. The summed E-state index contributed by atoms with van der Waals surface area (Å²) in [6.45, 7) is 6.31. The highest BCUT2D eigenvalue weighted by atomic mass is 16.3. The maximum atomic E-state index is 10.1. The lowest BCUT2D eigenvalue weighted by Gasteiger charge is -2.31. The standard InChI is InChI=1S/C17H31N3O/c1-5-15-14(16(6-2)20(4)18-15)12-19(3)11-13-9-7-8-10-17(13)21/h13,17,21H,5-12H2,1-4H3. The highest BCUT2D eigenvalue weighted by Gasteiger charge is 2.25. The van der Waals surface area contributed by atoms with Crippen molar-refractivity contribution in [2.24, 2.45) is 13.0 Å². The molecule has 0 aromatic carbocycles. The topological polar surface area (TPSA) is 41.3 Å². The van der Waals surface area contributed by atoms with E-state index in [-0.39, 0.29) is 6.10 Å². The number of hydrogen-bond acceptors (Lipinski definition) is 3. The molecule has 2 rings (SSSR count). The second kappa shape index (κ2) is 7.41. The maximum absolute atomic E-state index is 10.1. The molecule has 0 bridgehead atoms. The van der Waals surface area contributed by atoms with Crippen LogP contribution >= 0.6 is 0 Å². The SMILES string of the molecule is CCc1nn(C)c(CC)c1CN(C)CC1CCCCC1O. The van der Waals surface area contributed by atoms with Crippen LogP contribution in [0.2, 0.25) is 0 Å². The summed E-state index contributed by atoms with van der Waals surface area (Å²) in [5.41, 5.74) is 3.98. The molecule has 1 aromatic heterocycles. The van der Waals surface area contributed by atoms with Crippen molar-refractivity contribution in [2.45, 2.75) is 65.0 Å². The second-order valence-corrected chi connectivity index (χ2v) is 6.51. The molecule has 4 heteroatoms. The molecule has 1 N–H and O–H groups in total. The van der Waals surface area contributed by atoms with Crippen LogP contribution < -0.4 is 0 Å². The summed E-state index contributed by atoms with van der Waals surface area (Å²) in [4.78, 5) is 2.37. The Hall–Kier alpha value is -0.870. The van der Waals surface area contributed by atoms with Crippen LogP contribution in [0.4, 0.5) is 0 Å². The summed E-state index contributed by atoms with van der Waals surface area (Å²) in [6.07, 6.45) is 6.51. The zero-order valence-corrected chi connectivity index (χ0v) is 14.1. The van der Waals surface area contributed by atoms with Gasteiger partial charge in [0.25, 0.3) is 0 Å². The Morgan fingerprint density at radius 3 is 2.57 bits per heavy atom. The lowest BCUT2D eigenvalue weighted by Crippen LogP contribution is -2.35. The molecule has 1 fully saturated rings. The van der Waals surface area contributed by atoms with Crippen molar-refractivity contribution in [3.05, 3.63) is 17.0 Å². The summed E-state index contributed by atoms with van der Waals surface area (Å²) in [5.74, 6) is 0.440. The van der Waals surface area contributed by atoms with E-state index in [4.69, 9.17) is 0 Å². The molecule has 120 valence electrons. The predicted octanol–water partition coefficient (Wildman–Crippen LogP) is 2.53. The summed E-state index contributed by atoms with van der Waals surface area (Å²) in [5, 5.41) is 14.8. The number of rotatable bonds is 6. The lowest BCUT2D eigenvalue weighted by atomic mass is 9.86. The van der Waals surface area contributed by atoms with Crippen LogP contribution in [0.5, 0.6) is 0 Å². The fraction of sp³-hybridized carbons (Fsp3) is 0.824. The van der Waals surface area contributed by atoms with Gasteiger partial charge in [-0.15, -0.1) is 0 Å². The van der Waals surface area contributed by atoms with Crippen LogP contribution in [0.15, 0.2) is 0 Å². The van der Waals surface area contributed by atoms with Crippen molar-refractivity contribution in [1.29, 1.82) is 0 Å². The van der Waals surface area contributed by atoms with Crippen LogP contribution in [0.1, 0.15) is 56.5 Å². The van der Waals surface area contributed by atoms with Crippen LogP contribution in [0, 0.1) is 5.92 Å². The zero-order chi connectivity index (χ0) is 15.4. The van der Waals surface area contributed by atoms with Gasteiger partial charge in [-0.1, -0.05) is 26.7 Å². The van der Waals surface area contributed by atoms with E-state index in [9.17, 15) is 5.11 Å². The number of aliphatic hydroxyl groups is 1. The smallest absolute Gasteiger partial charge is 0.0669 e. The summed E-state index contributed by atoms with van der Waals surface area (Å²) in [6, 6.07) is 0. The molecule has 1 aromatic rings. The molecular formula is C17H31N3O. The molecule has 1 aliphatic carbocycles. The van der Waals surface area contributed by atoms with Gasteiger partial charge >= 0.3 is 0 Å². The minimum atomic E-state index is -0.105. The van der Waals surface area contributed by atoms with Crippen molar-refractivity contribution in [3.63, 3.8) is 0 Å². The average molecular weight is 293 g/mol. The van der Waals surface area contributed by atoms with E-state index in [2.05, 4.69) is 30.9 Å². The van der Waals surface area contributed by atoms with Crippen molar-refractivity contribution in [2.75, 3.05) is 13.6 Å². The van der Waals surface area contributed by atoms with Crippen LogP contribution in [-0.4, -0.2) is 39.5 Å². The highest BCUT2D eigenvalue weighted by Crippen LogP contribution is 2.26. The third kappa shape index (κ3) is 3.86. The first-order valence-corrected chi connectivity index (χ1v) is 8.47. The molecule has 21 heavy (non-hydrogen) atoms. The van der Waals surface area contributed by atoms with Gasteiger partial charge in [-0.05, 0) is 38.6 Å². The molecule has 2 atom stereocenters. The first-order chi connectivity index (χ1) is 10.1. The summed E-state index contributed by atoms with van der Waals surface area (Å²) < 4.78 is 2.04. The van der Waals surface area contributed by atoms with Gasteiger partial charge in [0.2, 0.25) is 0 Å². The van der Waals surface area contributed by atoms with E-state index in [0.29, 0.717) is 5.92 Å². The number of aromatic nitrogens is 2. The molecular weight excluding hydrogens is 262 g/mol. The van der Waals surface area contributed by atoms with Gasteiger partial charge in [0.15, 0.2) is 0 Å². The molecule has 0 aliphatic heterocycles. The Morgan fingerprint density at radius 2 is 1.95 bits per heavy atom. The third-order valence-electron chi connectivity index (χ3n) is 4.87. The van der Waals surface area contributed by atoms with Crippen molar-refractivity contribution < 1.29 is 5.11 Å². The molecule has 4 nitrogen and oxygen atoms in total. The Bertz CT molecular complexity index is 455. The van der Waals surface area contributed by atoms with Gasteiger partial charge in [-0.2, -0.15) is 5.10 Å². The molecule has 1 aliphatic rings. The fourth-order valence-corrected chi connectivity index (χ4v) is 3.71. The molecule has 0 radical (unpaired) electrons.